The third kappa shape index (κ3) is 3.42. The first-order valence-electron chi connectivity index (χ1n) is 8.48. The van der Waals surface area contributed by atoms with Gasteiger partial charge in [-0.15, -0.1) is 10.2 Å². The van der Waals surface area contributed by atoms with E-state index in [1.54, 1.807) is 11.3 Å². The van der Waals surface area contributed by atoms with E-state index in [1.165, 1.54) is 5.57 Å². The molecule has 3 fully saturated rings. The molecule has 1 amide bonds. The summed E-state index contributed by atoms with van der Waals surface area (Å²) in [6, 6.07) is 0.295. The van der Waals surface area contributed by atoms with Crippen molar-refractivity contribution in [3.8, 4) is 0 Å². The molecule has 6 heteroatoms. The summed E-state index contributed by atoms with van der Waals surface area (Å²) >= 11 is 1.67. The Hall–Kier alpha value is -1.43. The third-order valence-corrected chi connectivity index (χ3v) is 5.97. The van der Waals surface area contributed by atoms with Crippen LogP contribution in [-0.2, 0) is 4.79 Å². The Morgan fingerprint density at radius 2 is 2.09 bits per heavy atom. The van der Waals surface area contributed by atoms with Crippen molar-refractivity contribution >= 4 is 22.4 Å². The number of hydrogen-bond acceptors (Lipinski definition) is 5. The number of piperidine rings is 1. The van der Waals surface area contributed by atoms with Crippen LogP contribution >= 0.6 is 11.3 Å². The average molecular weight is 334 g/mol. The van der Waals surface area contributed by atoms with E-state index >= 15 is 0 Å². The molecule has 0 N–H and O–H groups in total. The van der Waals surface area contributed by atoms with Crippen molar-refractivity contribution in [1.29, 1.82) is 0 Å². The second-order valence-corrected chi connectivity index (χ2v) is 8.17. The summed E-state index contributed by atoms with van der Waals surface area (Å²) in [5.41, 5.74) is 1.26. The molecule has 4 rings (SSSR count). The van der Waals surface area contributed by atoms with Gasteiger partial charge in [-0.25, -0.2) is 0 Å². The molecule has 0 spiro atoms. The quantitative estimate of drug-likeness (QED) is 0.794. The Labute approximate surface area is 142 Å². The lowest BCUT2D eigenvalue weighted by Gasteiger charge is -2.35. The molecule has 3 aliphatic heterocycles. The van der Waals surface area contributed by atoms with Gasteiger partial charge in [-0.2, -0.15) is 0 Å². The maximum Gasteiger partial charge on any atom is 0.228 e. The van der Waals surface area contributed by atoms with E-state index in [0.29, 0.717) is 17.9 Å². The van der Waals surface area contributed by atoms with Crippen LogP contribution in [0, 0.1) is 5.92 Å². The van der Waals surface area contributed by atoms with Gasteiger partial charge in [0.05, 0.1) is 5.92 Å². The van der Waals surface area contributed by atoms with Crippen molar-refractivity contribution in [3.05, 3.63) is 16.7 Å². The summed E-state index contributed by atoms with van der Waals surface area (Å²) in [5, 5.41) is 10.7. The molecule has 4 heterocycles. The van der Waals surface area contributed by atoms with E-state index in [-0.39, 0.29) is 5.92 Å². The molecule has 126 valence electrons. The molecule has 23 heavy (non-hydrogen) atoms. The van der Waals surface area contributed by atoms with Crippen LogP contribution in [0.2, 0.25) is 0 Å². The fourth-order valence-electron chi connectivity index (χ4n) is 3.31. The minimum atomic E-state index is 0.103. The zero-order chi connectivity index (χ0) is 16.6. The minimum Gasteiger partial charge on any atom is -0.344 e. The van der Waals surface area contributed by atoms with Gasteiger partial charge in [0.2, 0.25) is 11.0 Å². The van der Waals surface area contributed by atoms with Crippen LogP contribution in [0.5, 0.6) is 0 Å². The lowest BCUT2D eigenvalue weighted by molar-refractivity contribution is -0.139. The van der Waals surface area contributed by atoms with Crippen molar-refractivity contribution in [2.75, 3.05) is 24.5 Å². The van der Waals surface area contributed by atoms with E-state index < -0.39 is 0 Å². The summed E-state index contributed by atoms with van der Waals surface area (Å²) in [5.74, 6) is 0.821. The first kappa shape index (κ1) is 16.4. The molecule has 0 saturated carbocycles. The summed E-state index contributed by atoms with van der Waals surface area (Å²) in [4.78, 5) is 17.1. The van der Waals surface area contributed by atoms with Gasteiger partial charge in [0, 0.05) is 31.6 Å². The first-order valence-corrected chi connectivity index (χ1v) is 9.29. The number of carbonyl (C=O) groups excluding carboxylic acids is 1. The van der Waals surface area contributed by atoms with Crippen LogP contribution in [0.1, 0.15) is 51.5 Å². The molecule has 0 aromatic carbocycles. The molecule has 2 bridgehead atoms. The van der Waals surface area contributed by atoms with Crippen LogP contribution < -0.4 is 4.90 Å². The number of hydrogen-bond donors (Lipinski definition) is 0. The predicted octanol–water partition coefficient (Wildman–Crippen LogP) is 3.05. The maximum atomic E-state index is 12.7. The highest BCUT2D eigenvalue weighted by atomic mass is 32.1. The Bertz CT molecular complexity index is 605. The number of allylic oxidation sites excluding steroid dienone is 1. The summed E-state index contributed by atoms with van der Waals surface area (Å²) in [6.45, 7) is 10.9. The third-order valence-electron chi connectivity index (χ3n) is 4.68. The molecule has 2 atom stereocenters. The van der Waals surface area contributed by atoms with Crippen LogP contribution in [0.25, 0.3) is 0 Å². The zero-order valence-corrected chi connectivity index (χ0v) is 15.3. The van der Waals surface area contributed by atoms with Crippen LogP contribution in [-0.4, -0.2) is 46.7 Å². The monoisotopic (exact) mass is 334 g/mol. The molecule has 0 radical (unpaired) electrons. The highest BCUT2D eigenvalue weighted by Crippen LogP contribution is 2.33. The molecule has 1 aromatic rings. The number of amides is 1. The molecular formula is C17H26N4OS. The topological polar surface area (TPSA) is 49.3 Å². The first-order chi connectivity index (χ1) is 11.0. The second kappa shape index (κ2) is 6.59. The lowest BCUT2D eigenvalue weighted by Crippen LogP contribution is -2.47. The normalized spacial score (nSPS) is 24.3. The Morgan fingerprint density at radius 3 is 2.74 bits per heavy atom. The van der Waals surface area contributed by atoms with Crippen molar-refractivity contribution in [2.45, 2.75) is 52.5 Å². The average Bonchev–Trinajstić information content (AvgIpc) is 2.84. The zero-order valence-electron chi connectivity index (χ0n) is 14.5. The summed E-state index contributed by atoms with van der Waals surface area (Å²) in [6.07, 6.45) is 4.26. The Balaban J connectivity index is 1.79. The standard InChI is InChI=1S/C17H26N4OS/c1-11(2)7-8-21-14-6-5-13(16(21)22)9-20(10-14)17-19-18-15(23-17)12(3)4/h7,12-14H,5-6,8-10H2,1-4H3/t13-,14+/m1/s1. The Morgan fingerprint density at radius 1 is 1.30 bits per heavy atom. The lowest BCUT2D eigenvalue weighted by atomic mass is 9.94. The largest absolute Gasteiger partial charge is 0.344 e. The van der Waals surface area contributed by atoms with Gasteiger partial charge in [-0.05, 0) is 26.7 Å². The van der Waals surface area contributed by atoms with Crippen LogP contribution in [0.3, 0.4) is 0 Å². The van der Waals surface area contributed by atoms with E-state index in [4.69, 9.17) is 0 Å². The van der Waals surface area contributed by atoms with Gasteiger partial charge in [0.25, 0.3) is 0 Å². The molecule has 3 aliphatic rings. The molecule has 0 aliphatic carbocycles. The van der Waals surface area contributed by atoms with Gasteiger partial charge < -0.3 is 9.80 Å². The second-order valence-electron chi connectivity index (χ2n) is 7.18. The van der Waals surface area contributed by atoms with Gasteiger partial charge in [-0.1, -0.05) is 36.8 Å². The summed E-state index contributed by atoms with van der Waals surface area (Å²) < 4.78 is 0. The highest BCUT2D eigenvalue weighted by molar-refractivity contribution is 7.15. The SMILES string of the molecule is CC(C)=CCN1C(=O)[C@@H]2CC[C@H]1CN(c1nnc(C(C)C)s1)C2. The van der Waals surface area contributed by atoms with Gasteiger partial charge in [0.15, 0.2) is 0 Å². The van der Waals surface area contributed by atoms with Crippen LogP contribution in [0.4, 0.5) is 5.13 Å². The van der Waals surface area contributed by atoms with E-state index in [9.17, 15) is 4.79 Å². The van der Waals surface area contributed by atoms with Crippen molar-refractivity contribution in [3.63, 3.8) is 0 Å². The van der Waals surface area contributed by atoms with Gasteiger partial charge >= 0.3 is 0 Å². The van der Waals surface area contributed by atoms with Crippen LogP contribution in [0.15, 0.2) is 11.6 Å². The van der Waals surface area contributed by atoms with Crippen molar-refractivity contribution in [2.24, 2.45) is 5.92 Å². The highest BCUT2D eigenvalue weighted by Gasteiger charge is 2.40. The van der Waals surface area contributed by atoms with Crippen molar-refractivity contribution in [1.82, 2.24) is 15.1 Å². The molecule has 5 nitrogen and oxygen atoms in total. The Kier molecular flexibility index (Phi) is 4.71. The fraction of sp³-hybridized carbons (Fsp3) is 0.706. The number of aromatic nitrogens is 2. The predicted molar refractivity (Wildman–Crippen MR) is 93.9 cm³/mol. The number of rotatable bonds is 4. The summed E-state index contributed by atoms with van der Waals surface area (Å²) in [7, 11) is 0. The van der Waals surface area contributed by atoms with Gasteiger partial charge in [-0.3, -0.25) is 4.79 Å². The molecule has 3 saturated heterocycles. The number of nitrogens with zero attached hydrogens (tertiary/aromatic N) is 4. The molecule has 0 unspecified atom stereocenters. The van der Waals surface area contributed by atoms with Gasteiger partial charge in [0.1, 0.15) is 5.01 Å². The fourth-order valence-corrected chi connectivity index (χ4v) is 4.17. The molecule has 1 aromatic heterocycles. The van der Waals surface area contributed by atoms with E-state index in [2.05, 4.69) is 53.8 Å². The van der Waals surface area contributed by atoms with E-state index in [0.717, 1.165) is 42.6 Å². The smallest absolute Gasteiger partial charge is 0.228 e. The minimum absolute atomic E-state index is 0.103. The van der Waals surface area contributed by atoms with Crippen molar-refractivity contribution < 1.29 is 4.79 Å². The molecular weight excluding hydrogens is 308 g/mol. The number of anilines is 1. The van der Waals surface area contributed by atoms with E-state index in [1.807, 2.05) is 0 Å². The number of fused-ring (bicyclic) bond motifs is 4. The maximum absolute atomic E-state index is 12.7. The number of carbonyl (C=O) groups is 1.